The number of amidine groups is 1. The van der Waals surface area contributed by atoms with Crippen molar-refractivity contribution in [1.82, 2.24) is 10.1 Å². The summed E-state index contributed by atoms with van der Waals surface area (Å²) in [6.07, 6.45) is 11.0. The summed E-state index contributed by atoms with van der Waals surface area (Å²) < 4.78 is 15.1. The lowest BCUT2D eigenvalue weighted by atomic mass is 9.95. The Bertz CT molecular complexity index is 1450. The van der Waals surface area contributed by atoms with Crippen molar-refractivity contribution in [2.24, 2.45) is 10.9 Å². The number of carbonyl (C=O) groups is 1. The second kappa shape index (κ2) is 14.8. The largest absolute Gasteiger partial charge is 0.374 e. The van der Waals surface area contributed by atoms with Gasteiger partial charge in [-0.3, -0.25) is 14.7 Å². The average Bonchev–Trinajstić information content (AvgIpc) is 3.51. The first-order chi connectivity index (χ1) is 21.3. The molecule has 2 saturated carbocycles. The maximum Gasteiger partial charge on any atom is 0.215 e. The topological polar surface area (TPSA) is 80.0 Å². The summed E-state index contributed by atoms with van der Waals surface area (Å²) in [5.41, 5.74) is 5.39. The van der Waals surface area contributed by atoms with Crippen LogP contribution >= 0.6 is 11.9 Å². The van der Waals surface area contributed by atoms with E-state index in [-0.39, 0.29) is 5.54 Å². The lowest BCUT2D eigenvalue weighted by Gasteiger charge is -2.27. The molecule has 0 bridgehead atoms. The van der Waals surface area contributed by atoms with Gasteiger partial charge in [0.05, 0.1) is 24.8 Å². The van der Waals surface area contributed by atoms with E-state index in [1.54, 1.807) is 0 Å². The fourth-order valence-electron chi connectivity index (χ4n) is 6.18. The van der Waals surface area contributed by atoms with Crippen molar-refractivity contribution < 1.29 is 14.1 Å². The normalized spacial score (nSPS) is 20.5. The molecule has 0 aliphatic heterocycles. The summed E-state index contributed by atoms with van der Waals surface area (Å²) >= 11 is 1.53. The molecule has 2 aliphatic carbocycles. The van der Waals surface area contributed by atoms with Crippen LogP contribution in [0.2, 0.25) is 0 Å². The number of nitrogens with zero attached hydrogens (tertiary/aromatic N) is 3. The molecule has 2 unspecified atom stereocenters. The Hall–Kier alpha value is -3.10. The van der Waals surface area contributed by atoms with E-state index in [4.69, 9.17) is 14.3 Å². The zero-order chi connectivity index (χ0) is 31.1. The molecule has 2 fully saturated rings. The Morgan fingerprint density at radius 1 is 1.20 bits per heavy atom. The van der Waals surface area contributed by atoms with Gasteiger partial charge in [0.15, 0.2) is 5.82 Å². The number of nitrogens with one attached hydrogen (secondary N) is 1. The zero-order valence-electron chi connectivity index (χ0n) is 27.0. The summed E-state index contributed by atoms with van der Waals surface area (Å²) in [5, 5.41) is 4.17. The highest BCUT2D eigenvalue weighted by Crippen LogP contribution is 2.38. The van der Waals surface area contributed by atoms with E-state index in [9.17, 15) is 4.79 Å². The number of rotatable bonds is 14. The van der Waals surface area contributed by atoms with E-state index in [0.29, 0.717) is 25.2 Å². The lowest BCUT2D eigenvalue weighted by Crippen LogP contribution is -2.33. The Kier molecular flexibility index (Phi) is 10.9. The predicted octanol–water partition coefficient (Wildman–Crippen LogP) is 9.27. The molecule has 5 rings (SSSR count). The van der Waals surface area contributed by atoms with Crippen molar-refractivity contribution in [2.45, 2.75) is 122 Å². The molecular weight excluding hydrogens is 568 g/mol. The van der Waals surface area contributed by atoms with Crippen LogP contribution in [0.3, 0.4) is 0 Å². The zero-order valence-corrected chi connectivity index (χ0v) is 27.8. The van der Waals surface area contributed by atoms with Crippen LogP contribution in [0.15, 0.2) is 56.9 Å². The summed E-state index contributed by atoms with van der Waals surface area (Å²) in [4.78, 5) is 20.7. The molecule has 2 atom stereocenters. The molecule has 8 heteroatoms. The van der Waals surface area contributed by atoms with E-state index in [1.807, 2.05) is 18.7 Å². The molecule has 1 N–H and O–H groups in total. The summed E-state index contributed by atoms with van der Waals surface area (Å²) in [6, 6.07) is 15.0. The Labute approximate surface area is 267 Å². The first kappa shape index (κ1) is 32.3. The number of benzene rings is 2. The molecule has 1 aromatic heterocycles. The Morgan fingerprint density at radius 3 is 2.68 bits per heavy atom. The summed E-state index contributed by atoms with van der Waals surface area (Å²) in [5.74, 6) is 3.14. The minimum absolute atomic E-state index is 0.0893. The number of aryl methyl sites for hydroxylation is 1. The van der Waals surface area contributed by atoms with Crippen molar-refractivity contribution in [3.63, 3.8) is 0 Å². The monoisotopic (exact) mass is 616 g/mol. The second-order valence-electron chi connectivity index (χ2n) is 13.0. The van der Waals surface area contributed by atoms with Gasteiger partial charge in [-0.15, -0.1) is 0 Å². The molecule has 44 heavy (non-hydrogen) atoms. The number of hydrogen-bond acceptors (Lipinski definition) is 7. The number of anilines is 1. The van der Waals surface area contributed by atoms with Gasteiger partial charge < -0.3 is 14.0 Å². The molecule has 0 radical (unpaired) electrons. The molecule has 1 amide bonds. The van der Waals surface area contributed by atoms with Crippen LogP contribution in [0.1, 0.15) is 101 Å². The van der Waals surface area contributed by atoms with Crippen LogP contribution in [-0.4, -0.2) is 33.9 Å². The molecule has 1 heterocycles. The van der Waals surface area contributed by atoms with Gasteiger partial charge in [-0.1, -0.05) is 61.8 Å². The van der Waals surface area contributed by atoms with Crippen LogP contribution in [0, 0.1) is 19.8 Å². The van der Waals surface area contributed by atoms with Gasteiger partial charge in [0.2, 0.25) is 6.41 Å². The number of aromatic nitrogens is 1. The van der Waals surface area contributed by atoms with Gasteiger partial charge in [0.25, 0.3) is 0 Å². The SMILES string of the molecule is CCCCC(=NC1(C)CCC(C)C1)N(C=O)Cc1ccc(-c2ccccc2SNc2noc(C)c2C)c(COC2CCC2)c1. The maximum absolute atomic E-state index is 12.5. The van der Waals surface area contributed by atoms with Gasteiger partial charge in [0.1, 0.15) is 11.6 Å². The summed E-state index contributed by atoms with van der Waals surface area (Å²) in [7, 11) is 0. The average molecular weight is 617 g/mol. The summed E-state index contributed by atoms with van der Waals surface area (Å²) in [6.45, 7) is 11.7. The standard InChI is InChI=1S/C36H48N4O3S/c1-6-7-15-34(37-36(5)19-18-25(2)21-36)40(24-41)22-28-16-17-31(29(20-28)23-42-30-11-10-12-30)32-13-8-9-14-33(32)44-39-35-26(3)27(4)43-38-35/h8-9,13-14,16-17,20,24-25,30H,6-7,10-12,15,18-19,21-23H2,1-5H3,(H,38,39). The number of ether oxygens (including phenoxy) is 1. The van der Waals surface area contributed by atoms with E-state index in [2.05, 4.69) is 73.1 Å². The van der Waals surface area contributed by atoms with E-state index >= 15 is 0 Å². The molecule has 0 spiro atoms. The molecule has 236 valence electrons. The van der Waals surface area contributed by atoms with Crippen molar-refractivity contribution in [2.75, 3.05) is 4.72 Å². The first-order valence-electron chi connectivity index (χ1n) is 16.3. The van der Waals surface area contributed by atoms with Crippen molar-refractivity contribution in [3.8, 4) is 11.1 Å². The van der Waals surface area contributed by atoms with Crippen molar-refractivity contribution >= 4 is 30.0 Å². The van der Waals surface area contributed by atoms with Crippen LogP contribution in [0.25, 0.3) is 11.1 Å². The van der Waals surface area contributed by atoms with Crippen molar-refractivity contribution in [3.05, 3.63) is 64.9 Å². The minimum atomic E-state index is -0.0893. The Morgan fingerprint density at radius 2 is 2.02 bits per heavy atom. The number of carbonyl (C=O) groups excluding carboxylic acids is 1. The number of amides is 1. The third kappa shape index (κ3) is 7.94. The van der Waals surface area contributed by atoms with Crippen molar-refractivity contribution in [1.29, 1.82) is 0 Å². The number of aliphatic imine (C=N–C) groups is 1. The van der Waals surface area contributed by atoms with Gasteiger partial charge >= 0.3 is 0 Å². The molecule has 0 saturated heterocycles. The molecule has 2 aliphatic rings. The lowest BCUT2D eigenvalue weighted by molar-refractivity contribution is -0.115. The van der Waals surface area contributed by atoms with Crippen LogP contribution < -0.4 is 4.72 Å². The van der Waals surface area contributed by atoms with Crippen LogP contribution in [0.4, 0.5) is 5.82 Å². The van der Waals surface area contributed by atoms with E-state index in [0.717, 1.165) is 101 Å². The molecule has 2 aromatic carbocycles. The van der Waals surface area contributed by atoms with Crippen LogP contribution in [0.5, 0.6) is 0 Å². The fourth-order valence-corrected chi connectivity index (χ4v) is 7.01. The van der Waals surface area contributed by atoms with Gasteiger partial charge in [-0.2, -0.15) is 0 Å². The maximum atomic E-state index is 12.5. The van der Waals surface area contributed by atoms with Crippen LogP contribution in [-0.2, 0) is 22.7 Å². The Balaban J connectivity index is 1.42. The third-order valence-electron chi connectivity index (χ3n) is 9.22. The van der Waals surface area contributed by atoms with Gasteiger partial charge in [-0.05, 0) is 112 Å². The molecular formula is C36H48N4O3S. The van der Waals surface area contributed by atoms with Gasteiger partial charge in [-0.25, -0.2) is 0 Å². The quantitative estimate of drug-likeness (QED) is 0.0842. The highest BCUT2D eigenvalue weighted by molar-refractivity contribution is 8.00. The minimum Gasteiger partial charge on any atom is -0.374 e. The smallest absolute Gasteiger partial charge is 0.215 e. The molecule has 3 aromatic rings. The number of unbranched alkanes of at least 4 members (excludes halogenated alkanes) is 1. The highest BCUT2D eigenvalue weighted by atomic mass is 32.2. The fraction of sp³-hybridized carbons (Fsp3) is 0.528. The second-order valence-corrected chi connectivity index (χ2v) is 13.8. The van der Waals surface area contributed by atoms with E-state index < -0.39 is 0 Å². The number of hydrogen-bond donors (Lipinski definition) is 1. The van der Waals surface area contributed by atoms with Gasteiger partial charge in [0, 0.05) is 16.9 Å². The predicted molar refractivity (Wildman–Crippen MR) is 180 cm³/mol. The van der Waals surface area contributed by atoms with E-state index in [1.165, 1.54) is 24.8 Å². The first-order valence-corrected chi connectivity index (χ1v) is 17.1. The molecule has 7 nitrogen and oxygen atoms in total. The highest BCUT2D eigenvalue weighted by Gasteiger charge is 2.33. The third-order valence-corrected chi connectivity index (χ3v) is 10.1.